The van der Waals surface area contributed by atoms with Gasteiger partial charge < -0.3 is 25.4 Å². The number of anilines is 1. The number of fused-ring (bicyclic) bond motifs is 1. The van der Waals surface area contributed by atoms with Gasteiger partial charge in [-0.2, -0.15) is 13.2 Å². The fourth-order valence-electron chi connectivity index (χ4n) is 3.40. The van der Waals surface area contributed by atoms with Crippen LogP contribution in [0.1, 0.15) is 37.4 Å². The number of para-hydroxylation sites is 2. The highest BCUT2D eigenvalue weighted by molar-refractivity contribution is 5.79. The number of aliphatic hydroxyl groups excluding tert-OH is 1. The van der Waals surface area contributed by atoms with Crippen LogP contribution in [0.5, 0.6) is 0 Å². The number of carbonyl (C=O) groups is 2. The number of nitrogens with zero attached hydrogens (tertiary/aromatic N) is 2. The Morgan fingerprint density at radius 1 is 1.17 bits per heavy atom. The van der Waals surface area contributed by atoms with Crippen molar-refractivity contribution < 1.29 is 37.4 Å². The van der Waals surface area contributed by atoms with Gasteiger partial charge in [0.25, 0.3) is 0 Å². The molecule has 1 atom stereocenters. The van der Waals surface area contributed by atoms with E-state index >= 15 is 0 Å². The maximum atomic E-state index is 14.0. The molecule has 0 aliphatic rings. The summed E-state index contributed by atoms with van der Waals surface area (Å²) in [6, 6.07) is 12.2. The van der Waals surface area contributed by atoms with E-state index in [0.29, 0.717) is 24.5 Å². The fraction of sp³-hybridized carbons (Fsp3) is 0.375. The number of hydrogen-bond donors (Lipinski definition) is 4. The third-order valence-electron chi connectivity index (χ3n) is 5.28. The number of amides is 1. The van der Waals surface area contributed by atoms with Crippen molar-refractivity contribution in [2.75, 3.05) is 25.0 Å². The average Bonchev–Trinajstić information content (AvgIpc) is 3.24. The molecule has 0 aliphatic heterocycles. The van der Waals surface area contributed by atoms with Crippen LogP contribution in [0, 0.1) is 5.82 Å². The van der Waals surface area contributed by atoms with Gasteiger partial charge in [0.1, 0.15) is 5.82 Å². The smallest absolute Gasteiger partial charge is 0.475 e. The topological polar surface area (TPSA) is 119 Å². The molecule has 0 aliphatic carbocycles. The zero-order valence-electron chi connectivity index (χ0n) is 19.8. The summed E-state index contributed by atoms with van der Waals surface area (Å²) < 4.78 is 45.7. The summed E-state index contributed by atoms with van der Waals surface area (Å²) in [5.41, 5.74) is 3.14. The summed E-state index contributed by atoms with van der Waals surface area (Å²) in [7, 11) is 0. The maximum Gasteiger partial charge on any atom is 0.490 e. The van der Waals surface area contributed by atoms with Gasteiger partial charge in [0.15, 0.2) is 0 Å². The Labute approximate surface area is 205 Å². The van der Waals surface area contributed by atoms with Gasteiger partial charge >= 0.3 is 12.1 Å². The Balaban J connectivity index is 0.000000572. The first-order valence-electron chi connectivity index (χ1n) is 11.2. The number of carbonyl (C=O) groups excluding carboxylic acids is 1. The third-order valence-corrected chi connectivity index (χ3v) is 5.28. The van der Waals surface area contributed by atoms with E-state index in [1.54, 1.807) is 17.0 Å². The molecule has 3 aromatic rings. The lowest BCUT2D eigenvalue weighted by Crippen LogP contribution is -2.35. The Morgan fingerprint density at radius 2 is 1.83 bits per heavy atom. The van der Waals surface area contributed by atoms with Gasteiger partial charge in [-0.05, 0) is 42.7 Å². The highest BCUT2D eigenvalue weighted by Crippen LogP contribution is 2.26. The molecule has 12 heteroatoms. The summed E-state index contributed by atoms with van der Waals surface area (Å²) in [6.07, 6.45) is -4.35. The van der Waals surface area contributed by atoms with Crippen molar-refractivity contribution >= 4 is 28.9 Å². The van der Waals surface area contributed by atoms with E-state index < -0.39 is 12.1 Å². The van der Waals surface area contributed by atoms with Crippen LogP contribution >= 0.6 is 0 Å². The van der Waals surface area contributed by atoms with E-state index in [0.717, 1.165) is 16.6 Å². The molecule has 0 bridgehead atoms. The SMILES string of the molecule is CCc1cc(C(CC(=O)N(CC)CCO)Nc2nc3ccccc3[nH]2)ccc1F.O=C(O)C(F)(F)F. The van der Waals surface area contributed by atoms with Crippen LogP contribution in [0.25, 0.3) is 11.0 Å². The van der Waals surface area contributed by atoms with Crippen molar-refractivity contribution in [2.24, 2.45) is 0 Å². The first kappa shape index (κ1) is 28.6. The number of aliphatic carboxylic acids is 1. The molecule has 3 rings (SSSR count). The number of likely N-dealkylation sites (N-methyl/N-ethyl adjacent to an activating group) is 1. The van der Waals surface area contributed by atoms with Crippen LogP contribution in [0.4, 0.5) is 23.5 Å². The Morgan fingerprint density at radius 3 is 2.39 bits per heavy atom. The minimum atomic E-state index is -5.08. The van der Waals surface area contributed by atoms with Crippen LogP contribution in [0.3, 0.4) is 0 Å². The highest BCUT2D eigenvalue weighted by Gasteiger charge is 2.38. The van der Waals surface area contributed by atoms with Gasteiger partial charge in [0.05, 0.1) is 30.1 Å². The first-order valence-corrected chi connectivity index (χ1v) is 11.2. The van der Waals surface area contributed by atoms with Crippen molar-refractivity contribution in [3.8, 4) is 0 Å². The molecule has 1 aromatic heterocycles. The van der Waals surface area contributed by atoms with Crippen molar-refractivity contribution in [1.29, 1.82) is 0 Å². The molecule has 0 spiro atoms. The quantitative estimate of drug-likeness (QED) is 0.318. The molecule has 4 N–H and O–H groups in total. The fourth-order valence-corrected chi connectivity index (χ4v) is 3.40. The summed E-state index contributed by atoms with van der Waals surface area (Å²) in [5, 5.41) is 19.6. The molecule has 1 heterocycles. The van der Waals surface area contributed by atoms with E-state index in [1.165, 1.54) is 6.07 Å². The number of carboxylic acids is 1. The molecule has 8 nitrogen and oxygen atoms in total. The summed E-state index contributed by atoms with van der Waals surface area (Å²) >= 11 is 0. The summed E-state index contributed by atoms with van der Waals surface area (Å²) in [6.45, 7) is 4.49. The number of aromatic amines is 1. The molecule has 0 fully saturated rings. The van der Waals surface area contributed by atoms with Gasteiger partial charge in [0.2, 0.25) is 11.9 Å². The molecule has 0 saturated heterocycles. The zero-order valence-corrected chi connectivity index (χ0v) is 19.8. The lowest BCUT2D eigenvalue weighted by molar-refractivity contribution is -0.192. The number of nitrogens with one attached hydrogen (secondary N) is 2. The van der Waals surface area contributed by atoms with Gasteiger partial charge in [-0.3, -0.25) is 4.79 Å². The molecular formula is C24H28F4N4O4. The predicted octanol–water partition coefficient (Wildman–Crippen LogP) is 4.28. The van der Waals surface area contributed by atoms with Gasteiger partial charge in [-0.1, -0.05) is 31.2 Å². The molecule has 2 aromatic carbocycles. The minimum absolute atomic E-state index is 0.0855. The largest absolute Gasteiger partial charge is 0.490 e. The number of aliphatic hydroxyl groups is 1. The monoisotopic (exact) mass is 512 g/mol. The third kappa shape index (κ3) is 7.94. The lowest BCUT2D eigenvalue weighted by Gasteiger charge is -2.24. The van der Waals surface area contributed by atoms with Gasteiger partial charge in [-0.15, -0.1) is 0 Å². The Kier molecular flexibility index (Phi) is 10.2. The molecule has 1 unspecified atom stereocenters. The molecule has 36 heavy (non-hydrogen) atoms. The van der Waals surface area contributed by atoms with E-state index in [9.17, 15) is 27.5 Å². The predicted molar refractivity (Wildman–Crippen MR) is 126 cm³/mol. The molecule has 0 saturated carbocycles. The summed E-state index contributed by atoms with van der Waals surface area (Å²) in [5.74, 6) is -2.54. The standard InChI is InChI=1S/C22H27FN4O2.C2HF3O2/c1-3-15-13-16(9-10-17(15)23)20(14-21(29)27(4-2)11-12-28)26-22-24-18-7-5-6-8-19(18)25-22;3-2(4,5)1(6)7/h5-10,13,20,28H,3-4,11-12,14H2,1-2H3,(H2,24,25,26);(H,6,7). The van der Waals surface area contributed by atoms with E-state index in [-0.39, 0.29) is 37.3 Å². The minimum Gasteiger partial charge on any atom is -0.475 e. The van der Waals surface area contributed by atoms with Crippen LogP contribution in [-0.2, 0) is 16.0 Å². The van der Waals surface area contributed by atoms with Crippen molar-refractivity contribution in [3.05, 3.63) is 59.4 Å². The maximum absolute atomic E-state index is 14.0. The van der Waals surface area contributed by atoms with E-state index in [2.05, 4.69) is 15.3 Å². The Hall–Kier alpha value is -3.67. The number of rotatable bonds is 9. The lowest BCUT2D eigenvalue weighted by atomic mass is 9.99. The number of hydrogen-bond acceptors (Lipinski definition) is 5. The molecular weight excluding hydrogens is 484 g/mol. The second-order valence-corrected chi connectivity index (χ2v) is 7.71. The number of halogens is 4. The van der Waals surface area contributed by atoms with Crippen LogP contribution < -0.4 is 5.32 Å². The number of aromatic nitrogens is 2. The normalized spacial score (nSPS) is 12.0. The second-order valence-electron chi connectivity index (χ2n) is 7.71. The number of alkyl halides is 3. The molecule has 0 radical (unpaired) electrons. The van der Waals surface area contributed by atoms with Gasteiger partial charge in [0, 0.05) is 13.1 Å². The second kappa shape index (κ2) is 12.9. The first-order chi connectivity index (χ1) is 17.0. The number of imidazole rings is 1. The number of benzene rings is 2. The van der Waals surface area contributed by atoms with Crippen molar-refractivity contribution in [3.63, 3.8) is 0 Å². The van der Waals surface area contributed by atoms with Crippen LogP contribution in [0.15, 0.2) is 42.5 Å². The van der Waals surface area contributed by atoms with Crippen molar-refractivity contribution in [1.82, 2.24) is 14.9 Å². The number of carboxylic acid groups (broad SMARTS) is 1. The molecule has 1 amide bonds. The van der Waals surface area contributed by atoms with E-state index in [1.807, 2.05) is 38.1 Å². The Bertz CT molecular complexity index is 1130. The number of H-pyrrole nitrogens is 1. The zero-order chi connectivity index (χ0) is 26.9. The average molecular weight is 513 g/mol. The van der Waals surface area contributed by atoms with Crippen LogP contribution in [-0.4, -0.2) is 62.8 Å². The molecule has 196 valence electrons. The van der Waals surface area contributed by atoms with Gasteiger partial charge in [-0.25, -0.2) is 14.2 Å². The summed E-state index contributed by atoms with van der Waals surface area (Å²) in [4.78, 5) is 31.1. The number of aryl methyl sites for hydroxylation is 1. The van der Waals surface area contributed by atoms with Crippen molar-refractivity contribution in [2.45, 2.75) is 38.9 Å². The van der Waals surface area contributed by atoms with Crippen LogP contribution in [0.2, 0.25) is 0 Å². The highest BCUT2D eigenvalue weighted by atomic mass is 19.4. The van der Waals surface area contributed by atoms with E-state index in [4.69, 9.17) is 9.90 Å².